The van der Waals surface area contributed by atoms with E-state index in [2.05, 4.69) is 30.2 Å². The zero-order valence-electron chi connectivity index (χ0n) is 11.9. The number of hydrogen-bond donors (Lipinski definition) is 2. The van der Waals surface area contributed by atoms with Crippen molar-refractivity contribution in [2.45, 2.75) is 39.2 Å². The summed E-state index contributed by atoms with van der Waals surface area (Å²) >= 11 is 1.50. The Hall–Kier alpha value is -1.49. The second-order valence-corrected chi connectivity index (χ2v) is 6.41. The molecule has 2 aliphatic rings. The summed E-state index contributed by atoms with van der Waals surface area (Å²) < 4.78 is 0. The summed E-state index contributed by atoms with van der Waals surface area (Å²) in [4.78, 5) is 25.4. The number of hydrogen-bond acceptors (Lipinski definition) is 3. The van der Waals surface area contributed by atoms with E-state index in [1.807, 2.05) is 13.0 Å². The molecule has 20 heavy (non-hydrogen) atoms. The van der Waals surface area contributed by atoms with E-state index in [1.165, 1.54) is 11.8 Å². The first-order chi connectivity index (χ1) is 9.49. The second kappa shape index (κ2) is 6.31. The Morgan fingerprint density at radius 1 is 1.55 bits per heavy atom. The van der Waals surface area contributed by atoms with Crippen molar-refractivity contribution in [2.75, 3.05) is 0 Å². The van der Waals surface area contributed by atoms with Crippen molar-refractivity contribution >= 4 is 23.6 Å². The lowest BCUT2D eigenvalue weighted by Crippen LogP contribution is -2.45. The molecule has 0 radical (unpaired) electrons. The maximum atomic E-state index is 12.3. The zero-order chi connectivity index (χ0) is 14.7. The number of thioether (sulfide) groups is 1. The fourth-order valence-corrected chi connectivity index (χ4v) is 3.29. The van der Waals surface area contributed by atoms with Crippen molar-refractivity contribution in [3.63, 3.8) is 0 Å². The van der Waals surface area contributed by atoms with Crippen LogP contribution in [-0.4, -0.2) is 17.9 Å². The third-order valence-corrected chi connectivity index (χ3v) is 4.47. The molecule has 5 heteroatoms. The van der Waals surface area contributed by atoms with E-state index in [4.69, 9.17) is 0 Å². The van der Waals surface area contributed by atoms with Crippen LogP contribution in [0.25, 0.3) is 0 Å². The Bertz CT molecular complexity index is 508. The minimum absolute atomic E-state index is 0.0309. The van der Waals surface area contributed by atoms with Crippen LogP contribution in [-0.2, 0) is 9.59 Å². The average Bonchev–Trinajstić information content (AvgIpc) is 2.41. The molecule has 108 valence electrons. The molecule has 4 nitrogen and oxygen atoms in total. The number of amides is 2. The molecule has 2 unspecified atom stereocenters. The number of nitrogens with one attached hydrogen (secondary N) is 2. The Kier molecular flexibility index (Phi) is 4.70. The largest absolute Gasteiger partial charge is 0.343 e. The van der Waals surface area contributed by atoms with Gasteiger partial charge in [0.15, 0.2) is 0 Å². The van der Waals surface area contributed by atoms with Gasteiger partial charge in [-0.1, -0.05) is 37.4 Å². The molecule has 0 bridgehead atoms. The molecule has 0 aliphatic carbocycles. The summed E-state index contributed by atoms with van der Waals surface area (Å²) in [5.41, 5.74) is 0.579. The molecule has 2 aliphatic heterocycles. The Morgan fingerprint density at radius 2 is 2.30 bits per heavy atom. The van der Waals surface area contributed by atoms with Gasteiger partial charge in [0.1, 0.15) is 0 Å². The summed E-state index contributed by atoms with van der Waals surface area (Å²) in [7, 11) is 0. The highest BCUT2D eigenvalue weighted by molar-refractivity contribution is 8.07. The van der Waals surface area contributed by atoms with Gasteiger partial charge in [0.2, 0.25) is 5.91 Å². The first kappa shape index (κ1) is 14.9. The van der Waals surface area contributed by atoms with Crippen LogP contribution < -0.4 is 10.6 Å². The van der Waals surface area contributed by atoms with E-state index in [9.17, 15) is 9.59 Å². The van der Waals surface area contributed by atoms with Gasteiger partial charge in [-0.3, -0.25) is 9.59 Å². The van der Waals surface area contributed by atoms with E-state index in [0.717, 1.165) is 16.2 Å². The van der Waals surface area contributed by atoms with E-state index in [-0.39, 0.29) is 17.9 Å². The van der Waals surface area contributed by atoms with Gasteiger partial charge in [-0.2, -0.15) is 0 Å². The number of carbonyl (C=O) groups is 2. The van der Waals surface area contributed by atoms with Crippen LogP contribution in [0.15, 0.2) is 34.2 Å². The molecule has 1 saturated heterocycles. The van der Waals surface area contributed by atoms with Crippen molar-refractivity contribution in [3.8, 4) is 0 Å². The van der Waals surface area contributed by atoms with Crippen molar-refractivity contribution < 1.29 is 9.59 Å². The molecule has 2 heterocycles. The predicted octanol–water partition coefficient (Wildman–Crippen LogP) is 2.46. The van der Waals surface area contributed by atoms with Crippen molar-refractivity contribution in [3.05, 3.63) is 34.2 Å². The van der Waals surface area contributed by atoms with Gasteiger partial charge in [-0.05, 0) is 30.6 Å². The van der Waals surface area contributed by atoms with Crippen LogP contribution >= 0.6 is 11.8 Å². The predicted molar refractivity (Wildman–Crippen MR) is 81.7 cm³/mol. The molecule has 2 rings (SSSR count). The first-order valence-electron chi connectivity index (χ1n) is 6.87. The van der Waals surface area contributed by atoms with Crippen LogP contribution in [0.4, 0.5) is 0 Å². The second-order valence-electron chi connectivity index (χ2n) is 5.12. The third kappa shape index (κ3) is 3.54. The number of carbonyl (C=O) groups excluding carboxylic acids is 2. The van der Waals surface area contributed by atoms with Gasteiger partial charge in [-0.15, -0.1) is 0 Å². The highest BCUT2D eigenvalue weighted by Gasteiger charge is 2.25. The van der Waals surface area contributed by atoms with Crippen LogP contribution in [0.3, 0.4) is 0 Å². The maximum Gasteiger partial charge on any atom is 0.258 e. The van der Waals surface area contributed by atoms with Crippen LogP contribution in [0.2, 0.25) is 0 Å². The van der Waals surface area contributed by atoms with E-state index < -0.39 is 0 Å². The summed E-state index contributed by atoms with van der Waals surface area (Å²) in [5.74, 6) is 0.214. The Balaban J connectivity index is 2.00. The molecule has 0 aromatic carbocycles. The normalized spacial score (nSPS) is 26.5. The Labute approximate surface area is 123 Å². The number of allylic oxidation sites excluding steroid dienone is 3. The fraction of sp³-hybridized carbons (Fsp3) is 0.467. The highest BCUT2D eigenvalue weighted by Crippen LogP contribution is 2.33. The summed E-state index contributed by atoms with van der Waals surface area (Å²) in [6, 6.07) is -0.173. The Morgan fingerprint density at radius 3 is 2.95 bits per heavy atom. The van der Waals surface area contributed by atoms with Gasteiger partial charge >= 0.3 is 0 Å². The van der Waals surface area contributed by atoms with Crippen LogP contribution in [0.1, 0.15) is 33.1 Å². The molecule has 2 atom stereocenters. The van der Waals surface area contributed by atoms with E-state index in [1.54, 1.807) is 0 Å². The lowest BCUT2D eigenvalue weighted by Gasteiger charge is -2.27. The maximum absolute atomic E-state index is 12.3. The van der Waals surface area contributed by atoms with Gasteiger partial charge < -0.3 is 10.6 Å². The minimum atomic E-state index is -0.173. The minimum Gasteiger partial charge on any atom is -0.343 e. The highest BCUT2D eigenvalue weighted by atomic mass is 32.2. The molecule has 0 aromatic rings. The summed E-state index contributed by atoms with van der Waals surface area (Å²) in [6.45, 7) is 7.93. The number of piperidine rings is 1. The molecular weight excluding hydrogens is 272 g/mol. The van der Waals surface area contributed by atoms with Gasteiger partial charge in [0, 0.05) is 12.1 Å². The van der Waals surface area contributed by atoms with Crippen molar-refractivity contribution in [2.24, 2.45) is 5.92 Å². The standard InChI is InChI=1S/C15H20N2O2S/c1-4-11-7-9(2)20-13(8-11)15(19)17-12-5-6-14(18)16-10(12)3/h7-8,11-12H,3-6H2,1-2H3,(H,16,18)(H,17,19). The van der Waals surface area contributed by atoms with Crippen molar-refractivity contribution in [1.82, 2.24) is 10.6 Å². The molecule has 0 aromatic heterocycles. The molecular formula is C15H20N2O2S. The van der Waals surface area contributed by atoms with Crippen LogP contribution in [0, 0.1) is 5.92 Å². The van der Waals surface area contributed by atoms with E-state index >= 15 is 0 Å². The molecule has 0 saturated carbocycles. The lowest BCUT2D eigenvalue weighted by atomic mass is 10.0. The third-order valence-electron chi connectivity index (χ3n) is 3.47. The smallest absolute Gasteiger partial charge is 0.258 e. The molecule has 2 amide bonds. The topological polar surface area (TPSA) is 58.2 Å². The summed E-state index contributed by atoms with van der Waals surface area (Å²) in [5, 5.41) is 5.64. The van der Waals surface area contributed by atoms with E-state index in [0.29, 0.717) is 24.5 Å². The molecule has 2 N–H and O–H groups in total. The molecule has 1 fully saturated rings. The van der Waals surface area contributed by atoms with Gasteiger partial charge in [-0.25, -0.2) is 0 Å². The summed E-state index contributed by atoms with van der Waals surface area (Å²) in [6.07, 6.45) is 6.21. The first-order valence-corrected chi connectivity index (χ1v) is 7.69. The monoisotopic (exact) mass is 292 g/mol. The average molecular weight is 292 g/mol. The number of rotatable bonds is 3. The quantitative estimate of drug-likeness (QED) is 0.840. The SMILES string of the molecule is C=C1NC(=O)CCC1NC(=O)C1=CC(CC)C=C(C)S1. The lowest BCUT2D eigenvalue weighted by molar-refractivity contribution is -0.123. The van der Waals surface area contributed by atoms with Gasteiger partial charge in [0.05, 0.1) is 10.9 Å². The molecule has 0 spiro atoms. The fourth-order valence-electron chi connectivity index (χ4n) is 2.31. The van der Waals surface area contributed by atoms with Gasteiger partial charge in [0.25, 0.3) is 5.91 Å². The zero-order valence-corrected chi connectivity index (χ0v) is 12.7. The van der Waals surface area contributed by atoms with Crippen molar-refractivity contribution in [1.29, 1.82) is 0 Å². The van der Waals surface area contributed by atoms with Crippen LogP contribution in [0.5, 0.6) is 0 Å².